The molecule has 1 aromatic heterocycles. The Hall–Kier alpha value is -2.34. The van der Waals surface area contributed by atoms with Crippen molar-refractivity contribution in [2.75, 3.05) is 26.2 Å². The molecule has 0 aliphatic carbocycles. The summed E-state index contributed by atoms with van der Waals surface area (Å²) in [5.41, 5.74) is 6.18. The number of imidazole rings is 1. The van der Waals surface area contributed by atoms with Crippen LogP contribution in [0.15, 0.2) is 91.0 Å². The van der Waals surface area contributed by atoms with Gasteiger partial charge in [-0.25, -0.2) is 4.98 Å². The Bertz CT molecular complexity index is 1120. The Kier molecular flexibility index (Phi) is 11.5. The highest BCUT2D eigenvalue weighted by molar-refractivity contribution is 5.86. The maximum Gasteiger partial charge on any atom is 0.137 e. The second-order valence-electron chi connectivity index (χ2n) is 8.93. The number of aromatic nitrogens is 2. The lowest BCUT2D eigenvalue weighted by Gasteiger charge is -2.41. The van der Waals surface area contributed by atoms with Crippen LogP contribution in [0.3, 0.4) is 0 Å². The van der Waals surface area contributed by atoms with E-state index in [9.17, 15) is 0 Å². The third-order valence-electron chi connectivity index (χ3n) is 6.86. The highest BCUT2D eigenvalue weighted by atomic mass is 35.5. The van der Waals surface area contributed by atoms with Crippen LogP contribution in [-0.4, -0.2) is 45.9 Å². The summed E-state index contributed by atoms with van der Waals surface area (Å²) in [4.78, 5) is 13.7. The fourth-order valence-electron chi connectivity index (χ4n) is 5.05. The lowest BCUT2D eigenvalue weighted by molar-refractivity contribution is 0.0826. The van der Waals surface area contributed by atoms with Crippen LogP contribution in [0.1, 0.15) is 41.5 Å². The molecule has 1 unspecified atom stereocenters. The van der Waals surface area contributed by atoms with Gasteiger partial charge < -0.3 is 4.98 Å². The first-order valence-electron chi connectivity index (χ1n) is 11.9. The number of hydrogen-bond acceptors (Lipinski definition) is 3. The van der Waals surface area contributed by atoms with E-state index >= 15 is 0 Å². The predicted molar refractivity (Wildman–Crippen MR) is 157 cm³/mol. The Balaban J connectivity index is 0.00000152. The zero-order chi connectivity index (χ0) is 22.6. The molecule has 7 heteroatoms. The molecule has 1 aliphatic heterocycles. The maximum absolute atomic E-state index is 4.99. The van der Waals surface area contributed by atoms with Crippen molar-refractivity contribution in [1.29, 1.82) is 0 Å². The van der Waals surface area contributed by atoms with Gasteiger partial charge >= 0.3 is 0 Å². The maximum atomic E-state index is 4.99. The van der Waals surface area contributed by atoms with Crippen LogP contribution in [0.25, 0.3) is 11.4 Å². The second-order valence-corrected chi connectivity index (χ2v) is 8.93. The molecule has 36 heavy (non-hydrogen) atoms. The van der Waals surface area contributed by atoms with Gasteiger partial charge in [-0.2, -0.15) is 0 Å². The number of aryl methyl sites for hydroxylation is 1. The minimum atomic E-state index is 0. The number of H-pyrrole nitrogens is 1. The Morgan fingerprint density at radius 1 is 0.667 bits per heavy atom. The molecule has 2 heterocycles. The Labute approximate surface area is 233 Å². The molecule has 1 saturated heterocycles. The lowest BCUT2D eigenvalue weighted by atomic mass is 9.96. The average molecular weight is 546 g/mol. The van der Waals surface area contributed by atoms with Gasteiger partial charge in [0, 0.05) is 37.4 Å². The number of nitrogens with one attached hydrogen (secondary N) is 1. The van der Waals surface area contributed by atoms with E-state index < -0.39 is 0 Å². The van der Waals surface area contributed by atoms with E-state index in [1.165, 1.54) is 11.1 Å². The third kappa shape index (κ3) is 6.50. The van der Waals surface area contributed by atoms with Crippen molar-refractivity contribution in [2.45, 2.75) is 25.9 Å². The van der Waals surface area contributed by atoms with Crippen molar-refractivity contribution < 1.29 is 0 Å². The van der Waals surface area contributed by atoms with E-state index in [-0.39, 0.29) is 43.3 Å². The Morgan fingerprint density at radius 3 is 1.61 bits per heavy atom. The quantitative estimate of drug-likeness (QED) is 0.280. The van der Waals surface area contributed by atoms with E-state index in [1.807, 2.05) is 6.07 Å². The van der Waals surface area contributed by atoms with E-state index in [0.717, 1.165) is 49.0 Å². The van der Waals surface area contributed by atoms with E-state index in [0.29, 0.717) is 6.04 Å². The predicted octanol–water partition coefficient (Wildman–Crippen LogP) is 7.12. The number of hydrogen-bond donors (Lipinski definition) is 1. The minimum absolute atomic E-state index is 0. The van der Waals surface area contributed by atoms with Gasteiger partial charge in [0.2, 0.25) is 0 Å². The van der Waals surface area contributed by atoms with Crippen molar-refractivity contribution in [3.63, 3.8) is 0 Å². The standard InChI is InChI=1S/C29H32N4.3ClH/c1-22-27(31-29(30-22)26-16-10-5-11-17-26)23(2)32-18-20-33(21-19-32)28(24-12-6-3-7-13-24)25-14-8-4-9-15-25;;;/h3-17,23,28H,18-21H2,1-2H3,(H,30,31);3*1H. The van der Waals surface area contributed by atoms with Crippen LogP contribution in [0, 0.1) is 6.92 Å². The summed E-state index contributed by atoms with van der Waals surface area (Å²) < 4.78 is 0. The van der Waals surface area contributed by atoms with Crippen LogP contribution in [-0.2, 0) is 0 Å². The van der Waals surface area contributed by atoms with Crippen molar-refractivity contribution >= 4 is 37.2 Å². The summed E-state index contributed by atoms with van der Waals surface area (Å²) in [6, 6.07) is 32.8. The van der Waals surface area contributed by atoms with Crippen LogP contribution in [0.4, 0.5) is 0 Å². The third-order valence-corrected chi connectivity index (χ3v) is 6.86. The SMILES string of the molecule is Cc1[nH]c(-c2ccccc2)nc1C(C)N1CCN(C(c2ccccc2)c2ccccc2)CC1.Cl.Cl.Cl. The number of nitrogens with zero attached hydrogens (tertiary/aromatic N) is 3. The number of piperazine rings is 1. The van der Waals surface area contributed by atoms with Gasteiger partial charge in [-0.1, -0.05) is 91.0 Å². The molecular weight excluding hydrogens is 511 g/mol. The molecule has 4 aromatic rings. The van der Waals surface area contributed by atoms with Crippen molar-refractivity contribution in [3.8, 4) is 11.4 Å². The van der Waals surface area contributed by atoms with Gasteiger partial charge in [0.25, 0.3) is 0 Å². The minimum Gasteiger partial charge on any atom is -0.342 e. The summed E-state index contributed by atoms with van der Waals surface area (Å²) in [6.07, 6.45) is 0. The fourth-order valence-corrected chi connectivity index (χ4v) is 5.05. The summed E-state index contributed by atoms with van der Waals surface area (Å²) in [5, 5.41) is 0. The molecule has 0 amide bonds. The van der Waals surface area contributed by atoms with E-state index in [4.69, 9.17) is 4.98 Å². The highest BCUT2D eigenvalue weighted by Crippen LogP contribution is 2.32. The van der Waals surface area contributed by atoms with Crippen molar-refractivity contribution in [3.05, 3.63) is 114 Å². The number of benzene rings is 3. The molecule has 1 fully saturated rings. The molecule has 5 rings (SSSR count). The molecule has 4 nitrogen and oxygen atoms in total. The van der Waals surface area contributed by atoms with Crippen LogP contribution in [0.5, 0.6) is 0 Å². The molecule has 1 aliphatic rings. The molecule has 0 bridgehead atoms. The molecule has 0 spiro atoms. The number of halogens is 3. The average Bonchev–Trinajstić information content (AvgIpc) is 3.28. The highest BCUT2D eigenvalue weighted by Gasteiger charge is 2.29. The largest absolute Gasteiger partial charge is 0.342 e. The molecule has 1 atom stereocenters. The van der Waals surface area contributed by atoms with Crippen molar-refractivity contribution in [2.24, 2.45) is 0 Å². The molecule has 3 aromatic carbocycles. The molecule has 192 valence electrons. The van der Waals surface area contributed by atoms with Crippen LogP contribution in [0.2, 0.25) is 0 Å². The normalized spacial score (nSPS) is 14.9. The first kappa shape index (κ1) is 29.9. The summed E-state index contributed by atoms with van der Waals surface area (Å²) in [6.45, 7) is 8.57. The van der Waals surface area contributed by atoms with Gasteiger partial charge in [-0.3, -0.25) is 9.80 Å². The summed E-state index contributed by atoms with van der Waals surface area (Å²) in [5.74, 6) is 0.960. The number of aromatic amines is 1. The summed E-state index contributed by atoms with van der Waals surface area (Å²) in [7, 11) is 0. The fraction of sp³-hybridized carbons (Fsp3) is 0.276. The van der Waals surface area contributed by atoms with E-state index in [2.05, 4.69) is 114 Å². The van der Waals surface area contributed by atoms with Gasteiger partial charge in [0.05, 0.1) is 17.8 Å². The monoisotopic (exact) mass is 544 g/mol. The van der Waals surface area contributed by atoms with Gasteiger partial charge in [-0.05, 0) is 25.0 Å². The number of rotatable bonds is 6. The van der Waals surface area contributed by atoms with Gasteiger partial charge in [0.1, 0.15) is 5.82 Å². The molecule has 0 saturated carbocycles. The van der Waals surface area contributed by atoms with Crippen molar-refractivity contribution in [1.82, 2.24) is 19.8 Å². The second kappa shape index (κ2) is 13.8. The topological polar surface area (TPSA) is 35.2 Å². The van der Waals surface area contributed by atoms with Crippen LogP contribution >= 0.6 is 37.2 Å². The first-order chi connectivity index (χ1) is 16.2. The zero-order valence-corrected chi connectivity index (χ0v) is 23.2. The van der Waals surface area contributed by atoms with Gasteiger partial charge in [-0.15, -0.1) is 37.2 Å². The molecule has 0 radical (unpaired) electrons. The summed E-state index contributed by atoms with van der Waals surface area (Å²) >= 11 is 0. The first-order valence-corrected chi connectivity index (χ1v) is 11.9. The molecule has 1 N–H and O–H groups in total. The molecular formula is C29H35Cl3N4. The zero-order valence-electron chi connectivity index (χ0n) is 20.7. The Morgan fingerprint density at radius 2 is 1.11 bits per heavy atom. The van der Waals surface area contributed by atoms with E-state index in [1.54, 1.807) is 0 Å². The van der Waals surface area contributed by atoms with Crippen LogP contribution < -0.4 is 0 Å². The smallest absolute Gasteiger partial charge is 0.137 e. The lowest BCUT2D eigenvalue weighted by Crippen LogP contribution is -2.48. The van der Waals surface area contributed by atoms with Gasteiger partial charge in [0.15, 0.2) is 0 Å².